The van der Waals surface area contributed by atoms with Gasteiger partial charge in [0.1, 0.15) is 11.2 Å². The van der Waals surface area contributed by atoms with Crippen molar-refractivity contribution < 1.29 is 4.79 Å². The highest BCUT2D eigenvalue weighted by Gasteiger charge is 2.25. The molecule has 0 spiro atoms. The Morgan fingerprint density at radius 2 is 1.77 bits per heavy atom. The Morgan fingerprint density at radius 3 is 2.58 bits per heavy atom. The van der Waals surface area contributed by atoms with Gasteiger partial charge in [-0.25, -0.2) is 4.98 Å². The zero-order valence-electron chi connectivity index (χ0n) is 17.4. The summed E-state index contributed by atoms with van der Waals surface area (Å²) in [6.45, 7) is 3.54. The second-order valence-electron chi connectivity index (χ2n) is 8.10. The molecule has 154 valence electrons. The summed E-state index contributed by atoms with van der Waals surface area (Å²) < 4.78 is 1.62. The number of fused-ring (bicyclic) bond motifs is 2. The van der Waals surface area contributed by atoms with E-state index in [0.29, 0.717) is 25.3 Å². The van der Waals surface area contributed by atoms with Crippen LogP contribution in [-0.2, 0) is 19.5 Å². The molecule has 0 saturated heterocycles. The van der Waals surface area contributed by atoms with Crippen LogP contribution in [0.4, 0.5) is 0 Å². The highest BCUT2D eigenvalue weighted by Crippen LogP contribution is 2.21. The fraction of sp³-hybridized carbons (Fsp3) is 0.192. The van der Waals surface area contributed by atoms with Gasteiger partial charge in [-0.2, -0.15) is 0 Å². The molecule has 0 aliphatic carbocycles. The van der Waals surface area contributed by atoms with Crippen LogP contribution in [0.25, 0.3) is 11.0 Å². The maximum absolute atomic E-state index is 13.5. The highest BCUT2D eigenvalue weighted by molar-refractivity contribution is 5.97. The molecule has 0 unspecified atom stereocenters. The van der Waals surface area contributed by atoms with Gasteiger partial charge in [0.15, 0.2) is 0 Å². The van der Waals surface area contributed by atoms with Crippen LogP contribution >= 0.6 is 0 Å². The van der Waals surface area contributed by atoms with E-state index in [1.165, 1.54) is 5.56 Å². The smallest absolute Gasteiger partial charge is 0.265 e. The van der Waals surface area contributed by atoms with Crippen LogP contribution in [0.3, 0.4) is 0 Å². The Bertz CT molecular complexity index is 1340. The van der Waals surface area contributed by atoms with E-state index in [9.17, 15) is 9.59 Å². The summed E-state index contributed by atoms with van der Waals surface area (Å²) in [5, 5.41) is 0.787. The summed E-state index contributed by atoms with van der Waals surface area (Å²) in [7, 11) is 0. The third kappa shape index (κ3) is 3.63. The summed E-state index contributed by atoms with van der Waals surface area (Å²) in [6.07, 6.45) is 2.48. The SMILES string of the molecule is Cc1ccc(Cn2c(=O)c(C(=O)N3CCc4ccccc4C3)cc3cccnc32)cc1. The van der Waals surface area contributed by atoms with Gasteiger partial charge >= 0.3 is 0 Å². The highest BCUT2D eigenvalue weighted by atomic mass is 16.2. The molecular formula is C26H23N3O2. The number of rotatable bonds is 3. The number of carbonyl (C=O) groups excluding carboxylic acids is 1. The Kier molecular flexibility index (Phi) is 4.86. The van der Waals surface area contributed by atoms with Crippen molar-refractivity contribution in [1.29, 1.82) is 0 Å². The molecule has 0 saturated carbocycles. The van der Waals surface area contributed by atoms with E-state index < -0.39 is 0 Å². The minimum atomic E-state index is -0.296. The molecule has 5 heteroatoms. The van der Waals surface area contributed by atoms with Gasteiger partial charge in [0.2, 0.25) is 0 Å². The number of hydrogen-bond acceptors (Lipinski definition) is 3. The molecule has 1 aliphatic rings. The topological polar surface area (TPSA) is 55.2 Å². The van der Waals surface area contributed by atoms with E-state index >= 15 is 0 Å². The lowest BCUT2D eigenvalue weighted by molar-refractivity contribution is 0.0732. The van der Waals surface area contributed by atoms with Gasteiger partial charge in [0.25, 0.3) is 11.5 Å². The number of hydrogen-bond donors (Lipinski definition) is 0. The van der Waals surface area contributed by atoms with E-state index in [2.05, 4.69) is 17.1 Å². The number of carbonyl (C=O) groups is 1. The van der Waals surface area contributed by atoms with Crippen LogP contribution in [0.1, 0.15) is 32.6 Å². The van der Waals surface area contributed by atoms with E-state index in [1.54, 1.807) is 21.7 Å². The van der Waals surface area contributed by atoms with Gasteiger partial charge in [0.05, 0.1) is 6.54 Å². The van der Waals surface area contributed by atoms with Crippen molar-refractivity contribution in [3.05, 3.63) is 111 Å². The fourth-order valence-electron chi connectivity index (χ4n) is 4.22. The second kappa shape index (κ2) is 7.84. The largest absolute Gasteiger partial charge is 0.334 e. The lowest BCUT2D eigenvalue weighted by Crippen LogP contribution is -2.40. The van der Waals surface area contributed by atoms with Crippen molar-refractivity contribution in [3.63, 3.8) is 0 Å². The third-order valence-electron chi connectivity index (χ3n) is 5.96. The average Bonchev–Trinajstić information content (AvgIpc) is 2.81. The van der Waals surface area contributed by atoms with Gasteiger partial charge < -0.3 is 4.90 Å². The molecule has 0 bridgehead atoms. The first-order chi connectivity index (χ1) is 15.1. The van der Waals surface area contributed by atoms with Crippen molar-refractivity contribution in [2.75, 3.05) is 6.54 Å². The Balaban J connectivity index is 1.56. The normalized spacial score (nSPS) is 13.3. The minimum absolute atomic E-state index is 0.201. The fourth-order valence-corrected chi connectivity index (χ4v) is 4.22. The standard InChI is InChI=1S/C26H23N3O2/c1-18-8-10-19(11-9-18)16-29-24-21(7-4-13-27-24)15-23(26(29)31)25(30)28-14-12-20-5-2-3-6-22(20)17-28/h2-11,13,15H,12,14,16-17H2,1H3. The van der Waals surface area contributed by atoms with Crippen LogP contribution in [-0.4, -0.2) is 26.9 Å². The molecule has 1 amide bonds. The monoisotopic (exact) mass is 409 g/mol. The first-order valence-corrected chi connectivity index (χ1v) is 10.5. The lowest BCUT2D eigenvalue weighted by Gasteiger charge is -2.29. The number of nitrogens with zero attached hydrogens (tertiary/aromatic N) is 3. The molecule has 3 heterocycles. The Hall–Kier alpha value is -3.73. The van der Waals surface area contributed by atoms with Crippen LogP contribution in [0.15, 0.2) is 77.7 Å². The van der Waals surface area contributed by atoms with Gasteiger partial charge in [-0.3, -0.25) is 14.2 Å². The van der Waals surface area contributed by atoms with Crippen molar-refractivity contribution in [3.8, 4) is 0 Å². The van der Waals surface area contributed by atoms with Crippen LogP contribution in [0.2, 0.25) is 0 Å². The summed E-state index contributed by atoms with van der Waals surface area (Å²) in [5.74, 6) is -0.220. The predicted octanol–water partition coefficient (Wildman–Crippen LogP) is 3.95. The maximum Gasteiger partial charge on any atom is 0.265 e. The summed E-state index contributed by atoms with van der Waals surface area (Å²) >= 11 is 0. The molecule has 2 aromatic carbocycles. The molecule has 0 fully saturated rings. The molecule has 0 N–H and O–H groups in total. The third-order valence-corrected chi connectivity index (χ3v) is 5.96. The molecule has 0 radical (unpaired) electrons. The van der Waals surface area contributed by atoms with Crippen molar-refractivity contribution in [1.82, 2.24) is 14.5 Å². The Morgan fingerprint density at radius 1 is 1.00 bits per heavy atom. The van der Waals surface area contributed by atoms with E-state index in [0.717, 1.165) is 28.5 Å². The van der Waals surface area contributed by atoms with Crippen molar-refractivity contribution in [2.45, 2.75) is 26.4 Å². The van der Waals surface area contributed by atoms with E-state index in [-0.39, 0.29) is 17.0 Å². The number of benzene rings is 2. The van der Waals surface area contributed by atoms with Crippen LogP contribution in [0, 0.1) is 6.92 Å². The van der Waals surface area contributed by atoms with E-state index in [1.807, 2.05) is 55.5 Å². The quantitative estimate of drug-likeness (QED) is 0.515. The molecular weight excluding hydrogens is 386 g/mol. The summed E-state index contributed by atoms with van der Waals surface area (Å²) in [4.78, 5) is 33.1. The molecule has 31 heavy (non-hydrogen) atoms. The molecule has 5 rings (SSSR count). The second-order valence-corrected chi connectivity index (χ2v) is 8.10. The first kappa shape index (κ1) is 19.2. The predicted molar refractivity (Wildman–Crippen MR) is 121 cm³/mol. The number of pyridine rings is 2. The molecule has 0 atom stereocenters. The lowest BCUT2D eigenvalue weighted by atomic mass is 9.99. The van der Waals surface area contributed by atoms with E-state index in [4.69, 9.17) is 0 Å². The van der Waals surface area contributed by atoms with Crippen molar-refractivity contribution in [2.24, 2.45) is 0 Å². The molecule has 5 nitrogen and oxygen atoms in total. The summed E-state index contributed by atoms with van der Waals surface area (Å²) in [5.41, 5.74) is 5.07. The van der Waals surface area contributed by atoms with Gasteiger partial charge in [-0.1, -0.05) is 54.1 Å². The number of amides is 1. The van der Waals surface area contributed by atoms with Gasteiger partial charge in [-0.15, -0.1) is 0 Å². The van der Waals surface area contributed by atoms with Gasteiger partial charge in [-0.05, 0) is 48.2 Å². The summed E-state index contributed by atoms with van der Waals surface area (Å²) in [6, 6.07) is 21.6. The molecule has 1 aliphatic heterocycles. The first-order valence-electron chi connectivity index (χ1n) is 10.5. The van der Waals surface area contributed by atoms with Crippen molar-refractivity contribution >= 4 is 16.9 Å². The number of aromatic nitrogens is 2. The van der Waals surface area contributed by atoms with Gasteiger partial charge in [0, 0.05) is 24.7 Å². The zero-order valence-corrected chi connectivity index (χ0v) is 17.4. The minimum Gasteiger partial charge on any atom is -0.334 e. The molecule has 4 aromatic rings. The molecule has 2 aromatic heterocycles. The number of aryl methyl sites for hydroxylation is 1. The van der Waals surface area contributed by atoms with Crippen LogP contribution < -0.4 is 5.56 Å². The average molecular weight is 409 g/mol. The Labute approximate surface area is 180 Å². The van der Waals surface area contributed by atoms with Crippen LogP contribution in [0.5, 0.6) is 0 Å². The zero-order chi connectivity index (χ0) is 21.4. The maximum atomic E-state index is 13.5.